The largest absolute Gasteiger partial charge is 0.352 e. The first-order valence-electron chi connectivity index (χ1n) is 6.47. The Kier molecular flexibility index (Phi) is 8.50. The maximum atomic E-state index is 11.9. The zero-order valence-corrected chi connectivity index (χ0v) is 13.8. The van der Waals surface area contributed by atoms with Gasteiger partial charge in [-0.15, -0.1) is 12.4 Å². The van der Waals surface area contributed by atoms with Gasteiger partial charge in [-0.05, 0) is 51.1 Å². The van der Waals surface area contributed by atoms with Crippen molar-refractivity contribution in [2.45, 2.75) is 31.2 Å². The standard InChI is InChI=1S/C13H21N3O3S.ClH/c1-10(2)16-20(18,19)12-6-4-11(5-7-12)13(17)15-9-3-8-14;/h4-7,10,16H,3,8-9,14H2,1-2H3,(H,15,17);1H. The SMILES string of the molecule is CC(C)NS(=O)(=O)c1ccc(C(=O)NCCCN)cc1.Cl. The number of nitrogens with one attached hydrogen (secondary N) is 2. The second-order valence-electron chi connectivity index (χ2n) is 4.70. The Hall–Kier alpha value is -1.15. The molecule has 1 aromatic carbocycles. The smallest absolute Gasteiger partial charge is 0.251 e. The lowest BCUT2D eigenvalue weighted by Crippen LogP contribution is -2.30. The number of rotatable bonds is 7. The van der Waals surface area contributed by atoms with E-state index >= 15 is 0 Å². The summed E-state index contributed by atoms with van der Waals surface area (Å²) in [6.45, 7) is 4.51. The molecule has 0 aliphatic rings. The number of benzene rings is 1. The van der Waals surface area contributed by atoms with Crippen LogP contribution >= 0.6 is 12.4 Å². The molecule has 0 saturated heterocycles. The molecule has 21 heavy (non-hydrogen) atoms. The van der Waals surface area contributed by atoms with Gasteiger partial charge in [0.25, 0.3) is 5.91 Å². The van der Waals surface area contributed by atoms with Crippen molar-refractivity contribution in [3.8, 4) is 0 Å². The molecule has 0 bridgehead atoms. The van der Waals surface area contributed by atoms with Crippen molar-refractivity contribution in [3.05, 3.63) is 29.8 Å². The van der Waals surface area contributed by atoms with Crippen molar-refractivity contribution >= 4 is 28.3 Å². The highest BCUT2D eigenvalue weighted by Gasteiger charge is 2.15. The molecule has 0 aliphatic heterocycles. The van der Waals surface area contributed by atoms with E-state index in [-0.39, 0.29) is 29.3 Å². The lowest BCUT2D eigenvalue weighted by Gasteiger charge is -2.10. The van der Waals surface area contributed by atoms with E-state index in [1.807, 2.05) is 0 Å². The van der Waals surface area contributed by atoms with Crippen LogP contribution in [0.3, 0.4) is 0 Å². The molecule has 0 aromatic heterocycles. The van der Waals surface area contributed by atoms with Crippen LogP contribution in [0.4, 0.5) is 0 Å². The fourth-order valence-electron chi connectivity index (χ4n) is 1.57. The molecule has 0 unspecified atom stereocenters. The molecule has 1 aromatic rings. The number of hydrogen-bond donors (Lipinski definition) is 3. The van der Waals surface area contributed by atoms with Gasteiger partial charge in [0.1, 0.15) is 0 Å². The van der Waals surface area contributed by atoms with Gasteiger partial charge in [-0.2, -0.15) is 0 Å². The van der Waals surface area contributed by atoms with E-state index in [2.05, 4.69) is 10.0 Å². The molecule has 0 aliphatic carbocycles. The van der Waals surface area contributed by atoms with Crippen molar-refractivity contribution in [1.29, 1.82) is 0 Å². The van der Waals surface area contributed by atoms with Gasteiger partial charge >= 0.3 is 0 Å². The van der Waals surface area contributed by atoms with Crippen molar-refractivity contribution < 1.29 is 13.2 Å². The number of nitrogens with two attached hydrogens (primary N) is 1. The fraction of sp³-hybridized carbons (Fsp3) is 0.462. The van der Waals surface area contributed by atoms with Crippen LogP contribution in [-0.2, 0) is 10.0 Å². The average Bonchev–Trinajstić information content (AvgIpc) is 2.37. The van der Waals surface area contributed by atoms with Crippen LogP contribution in [0.5, 0.6) is 0 Å². The number of carbonyl (C=O) groups excluding carboxylic acids is 1. The van der Waals surface area contributed by atoms with Crippen molar-refractivity contribution in [1.82, 2.24) is 10.0 Å². The highest BCUT2D eigenvalue weighted by Crippen LogP contribution is 2.11. The molecule has 6 nitrogen and oxygen atoms in total. The summed E-state index contributed by atoms with van der Waals surface area (Å²) in [5, 5.41) is 2.71. The zero-order chi connectivity index (χ0) is 15.2. The van der Waals surface area contributed by atoms with Crippen molar-refractivity contribution in [2.75, 3.05) is 13.1 Å². The molecule has 0 atom stereocenters. The van der Waals surface area contributed by atoms with E-state index in [1.165, 1.54) is 24.3 Å². The molecule has 0 heterocycles. The fourth-order valence-corrected chi connectivity index (χ4v) is 2.82. The van der Waals surface area contributed by atoms with Crippen LogP contribution in [-0.4, -0.2) is 33.5 Å². The quantitative estimate of drug-likeness (QED) is 0.643. The highest BCUT2D eigenvalue weighted by atomic mass is 35.5. The highest BCUT2D eigenvalue weighted by molar-refractivity contribution is 7.89. The van der Waals surface area contributed by atoms with Gasteiger partial charge in [-0.25, -0.2) is 13.1 Å². The van der Waals surface area contributed by atoms with Gasteiger partial charge in [0.05, 0.1) is 4.90 Å². The van der Waals surface area contributed by atoms with Gasteiger partial charge < -0.3 is 11.1 Å². The molecule has 120 valence electrons. The summed E-state index contributed by atoms with van der Waals surface area (Å²) in [5.41, 5.74) is 5.76. The molecule has 0 spiro atoms. The van der Waals surface area contributed by atoms with E-state index in [1.54, 1.807) is 13.8 Å². The summed E-state index contributed by atoms with van der Waals surface area (Å²) in [7, 11) is -3.52. The molecular formula is C13H22ClN3O3S. The maximum Gasteiger partial charge on any atom is 0.251 e. The summed E-state index contributed by atoms with van der Waals surface area (Å²) in [6, 6.07) is 5.64. The number of halogens is 1. The Morgan fingerprint density at radius 3 is 2.29 bits per heavy atom. The number of amides is 1. The van der Waals surface area contributed by atoms with Crippen LogP contribution in [0.25, 0.3) is 0 Å². The van der Waals surface area contributed by atoms with Crippen LogP contribution in [0.1, 0.15) is 30.6 Å². The molecular weight excluding hydrogens is 314 g/mol. The molecule has 0 saturated carbocycles. The minimum atomic E-state index is -3.52. The maximum absolute atomic E-state index is 11.9. The number of carbonyl (C=O) groups is 1. The summed E-state index contributed by atoms with van der Waals surface area (Å²) in [5.74, 6) is -0.237. The predicted molar refractivity (Wildman–Crippen MR) is 85.2 cm³/mol. The predicted octanol–water partition coefficient (Wildman–Crippen LogP) is 0.874. The number of sulfonamides is 1. The summed E-state index contributed by atoms with van der Waals surface area (Å²) < 4.78 is 26.3. The first-order chi connectivity index (χ1) is 9.36. The van der Waals surface area contributed by atoms with E-state index in [4.69, 9.17) is 5.73 Å². The van der Waals surface area contributed by atoms with Crippen LogP contribution < -0.4 is 15.8 Å². The summed E-state index contributed by atoms with van der Waals surface area (Å²) in [4.78, 5) is 11.9. The molecule has 0 radical (unpaired) electrons. The first-order valence-corrected chi connectivity index (χ1v) is 7.96. The summed E-state index contributed by atoms with van der Waals surface area (Å²) >= 11 is 0. The average molecular weight is 336 g/mol. The minimum absolute atomic E-state index is 0. The second-order valence-corrected chi connectivity index (χ2v) is 6.41. The van der Waals surface area contributed by atoms with Crippen LogP contribution in [0.2, 0.25) is 0 Å². The molecule has 8 heteroatoms. The zero-order valence-electron chi connectivity index (χ0n) is 12.1. The Balaban J connectivity index is 0.00000400. The second kappa shape index (κ2) is 8.99. The number of hydrogen-bond acceptors (Lipinski definition) is 4. The van der Waals surface area contributed by atoms with Gasteiger partial charge in [-0.1, -0.05) is 0 Å². The van der Waals surface area contributed by atoms with Crippen molar-refractivity contribution in [2.24, 2.45) is 5.73 Å². The molecule has 1 amide bonds. The minimum Gasteiger partial charge on any atom is -0.352 e. The van der Waals surface area contributed by atoms with Crippen LogP contribution in [0, 0.1) is 0 Å². The topological polar surface area (TPSA) is 101 Å². The first kappa shape index (κ1) is 19.9. The van der Waals surface area contributed by atoms with Gasteiger partial charge in [0.15, 0.2) is 0 Å². The summed E-state index contributed by atoms with van der Waals surface area (Å²) in [6.07, 6.45) is 0.705. The van der Waals surface area contributed by atoms with Gasteiger partial charge in [0.2, 0.25) is 10.0 Å². The third kappa shape index (κ3) is 6.43. The third-order valence-electron chi connectivity index (χ3n) is 2.48. The Bertz CT molecular complexity index is 544. The van der Waals surface area contributed by atoms with Gasteiger partial charge in [0, 0.05) is 18.2 Å². The van der Waals surface area contributed by atoms with E-state index in [0.29, 0.717) is 25.1 Å². The van der Waals surface area contributed by atoms with E-state index in [0.717, 1.165) is 0 Å². The lowest BCUT2D eigenvalue weighted by molar-refractivity contribution is 0.0953. The molecule has 0 fully saturated rings. The third-order valence-corrected chi connectivity index (χ3v) is 4.16. The Labute approximate surface area is 132 Å². The molecule has 4 N–H and O–H groups in total. The van der Waals surface area contributed by atoms with E-state index in [9.17, 15) is 13.2 Å². The molecule has 1 rings (SSSR count). The van der Waals surface area contributed by atoms with Gasteiger partial charge in [-0.3, -0.25) is 4.79 Å². The lowest BCUT2D eigenvalue weighted by atomic mass is 10.2. The Morgan fingerprint density at radius 2 is 1.81 bits per heavy atom. The monoisotopic (exact) mass is 335 g/mol. The van der Waals surface area contributed by atoms with Crippen molar-refractivity contribution in [3.63, 3.8) is 0 Å². The van der Waals surface area contributed by atoms with Crippen LogP contribution in [0.15, 0.2) is 29.2 Å². The Morgan fingerprint density at radius 1 is 1.24 bits per heavy atom. The van der Waals surface area contributed by atoms with E-state index < -0.39 is 10.0 Å². The normalized spacial score (nSPS) is 11.0.